The molecule has 0 fully saturated rings. The van der Waals surface area contributed by atoms with Crippen molar-refractivity contribution in [2.24, 2.45) is 0 Å². The summed E-state index contributed by atoms with van der Waals surface area (Å²) in [5.74, 6) is -0.384. The van der Waals surface area contributed by atoms with E-state index in [1.807, 2.05) is 0 Å². The molecule has 6 heteroatoms. The molecule has 1 aromatic rings. The van der Waals surface area contributed by atoms with Gasteiger partial charge in [0.2, 0.25) is 0 Å². The summed E-state index contributed by atoms with van der Waals surface area (Å²) in [6, 6.07) is 4.46. The van der Waals surface area contributed by atoms with Crippen LogP contribution in [0.2, 0.25) is 0 Å². The zero-order chi connectivity index (χ0) is 12.8. The summed E-state index contributed by atoms with van der Waals surface area (Å²) in [7, 11) is 0. The number of ether oxygens (including phenoxy) is 1. The number of hydrogen-bond donors (Lipinski definition) is 1. The minimum Gasteiger partial charge on any atom is -0.466 e. The number of nitrogens with zero attached hydrogens (tertiary/aromatic N) is 1. The summed E-state index contributed by atoms with van der Waals surface area (Å²) in [4.78, 5) is 21.5. The molecule has 17 heavy (non-hydrogen) atoms. The number of anilines is 1. The molecule has 0 aliphatic carbocycles. The summed E-state index contributed by atoms with van der Waals surface area (Å²) in [5, 5.41) is 10.8. The van der Waals surface area contributed by atoms with Gasteiger partial charge in [-0.2, -0.15) is 0 Å². The Morgan fingerprint density at radius 1 is 1.53 bits per heavy atom. The molecule has 0 unspecified atom stereocenters. The van der Waals surface area contributed by atoms with Crippen LogP contribution < -0.4 is 5.73 Å². The number of nitrogen functional groups attached to an aromatic ring is 1. The highest BCUT2D eigenvalue weighted by Gasteiger charge is 2.17. The van der Waals surface area contributed by atoms with Gasteiger partial charge in [0.1, 0.15) is 0 Å². The molecule has 0 amide bonds. The van der Waals surface area contributed by atoms with E-state index in [4.69, 9.17) is 10.5 Å². The molecule has 0 spiro atoms. The van der Waals surface area contributed by atoms with E-state index in [0.717, 1.165) is 0 Å². The van der Waals surface area contributed by atoms with Crippen molar-refractivity contribution in [3.8, 4) is 0 Å². The highest BCUT2D eigenvalue weighted by molar-refractivity contribution is 5.71. The number of nitro groups is 1. The van der Waals surface area contributed by atoms with Crippen LogP contribution in [0.15, 0.2) is 18.2 Å². The van der Waals surface area contributed by atoms with Crippen LogP contribution >= 0.6 is 0 Å². The molecular weight excluding hydrogens is 224 g/mol. The van der Waals surface area contributed by atoms with E-state index in [1.165, 1.54) is 12.1 Å². The number of hydrogen-bond acceptors (Lipinski definition) is 5. The number of benzene rings is 1. The van der Waals surface area contributed by atoms with Gasteiger partial charge in [0.05, 0.1) is 17.1 Å². The van der Waals surface area contributed by atoms with E-state index in [-0.39, 0.29) is 24.5 Å². The summed E-state index contributed by atoms with van der Waals surface area (Å²) in [5.41, 5.74) is 6.30. The third-order valence-corrected chi connectivity index (χ3v) is 2.27. The molecule has 1 aromatic carbocycles. The zero-order valence-electron chi connectivity index (χ0n) is 9.51. The van der Waals surface area contributed by atoms with Crippen LogP contribution in [0.4, 0.5) is 11.4 Å². The van der Waals surface area contributed by atoms with Crippen LogP contribution in [0.1, 0.15) is 18.9 Å². The van der Waals surface area contributed by atoms with Gasteiger partial charge in [0.15, 0.2) is 0 Å². The first-order valence-corrected chi connectivity index (χ1v) is 5.23. The van der Waals surface area contributed by atoms with E-state index in [0.29, 0.717) is 17.9 Å². The van der Waals surface area contributed by atoms with Gasteiger partial charge in [-0.25, -0.2) is 0 Å². The maximum absolute atomic E-state index is 11.2. The largest absolute Gasteiger partial charge is 0.466 e. The third-order valence-electron chi connectivity index (χ3n) is 2.27. The maximum atomic E-state index is 11.2. The van der Waals surface area contributed by atoms with E-state index in [9.17, 15) is 14.9 Å². The van der Waals surface area contributed by atoms with Crippen LogP contribution in [-0.2, 0) is 16.0 Å². The van der Waals surface area contributed by atoms with Gasteiger partial charge in [-0.05, 0) is 19.4 Å². The second-order valence-electron chi connectivity index (χ2n) is 3.41. The Morgan fingerprint density at radius 3 is 2.82 bits per heavy atom. The lowest BCUT2D eigenvalue weighted by Gasteiger charge is -2.06. The molecule has 0 saturated carbocycles. The summed E-state index contributed by atoms with van der Waals surface area (Å²) < 4.78 is 4.75. The lowest BCUT2D eigenvalue weighted by molar-refractivity contribution is -0.385. The van der Waals surface area contributed by atoms with Crippen molar-refractivity contribution in [3.63, 3.8) is 0 Å². The SMILES string of the molecule is CCOC(=O)CCc1c(N)cccc1[N+](=O)[O-]. The molecule has 0 atom stereocenters. The Balaban J connectivity index is 2.82. The smallest absolute Gasteiger partial charge is 0.306 e. The number of carbonyl (C=O) groups is 1. The quantitative estimate of drug-likeness (QED) is 0.364. The fraction of sp³-hybridized carbons (Fsp3) is 0.364. The summed E-state index contributed by atoms with van der Waals surface area (Å²) >= 11 is 0. The molecule has 0 aliphatic rings. The molecule has 0 bridgehead atoms. The zero-order valence-corrected chi connectivity index (χ0v) is 9.51. The first-order valence-electron chi connectivity index (χ1n) is 5.23. The standard InChI is InChI=1S/C11H14N2O4/c1-2-17-11(14)7-6-8-9(12)4-3-5-10(8)13(15)16/h3-5H,2,6-7,12H2,1H3. The second kappa shape index (κ2) is 5.83. The van der Waals surface area contributed by atoms with Crippen LogP contribution in [0.5, 0.6) is 0 Å². The fourth-order valence-corrected chi connectivity index (χ4v) is 1.50. The lowest BCUT2D eigenvalue weighted by atomic mass is 10.1. The number of nitro benzene ring substituents is 1. The Bertz CT molecular complexity index is 431. The summed E-state index contributed by atoms with van der Waals surface area (Å²) in [6.07, 6.45) is 0.296. The van der Waals surface area contributed by atoms with E-state index < -0.39 is 4.92 Å². The molecule has 0 heterocycles. The molecule has 6 nitrogen and oxygen atoms in total. The fourth-order valence-electron chi connectivity index (χ4n) is 1.50. The molecule has 2 N–H and O–H groups in total. The van der Waals surface area contributed by atoms with Gasteiger partial charge in [0, 0.05) is 18.2 Å². The first kappa shape index (κ1) is 13.0. The van der Waals surface area contributed by atoms with Crippen molar-refractivity contribution in [2.75, 3.05) is 12.3 Å². The number of rotatable bonds is 5. The van der Waals surface area contributed by atoms with E-state index in [1.54, 1.807) is 13.0 Å². The van der Waals surface area contributed by atoms with Gasteiger partial charge < -0.3 is 10.5 Å². The molecule has 0 aromatic heterocycles. The Hall–Kier alpha value is -2.11. The van der Waals surface area contributed by atoms with Crippen molar-refractivity contribution in [3.05, 3.63) is 33.9 Å². The lowest BCUT2D eigenvalue weighted by Crippen LogP contribution is -2.07. The number of esters is 1. The average Bonchev–Trinajstić information content (AvgIpc) is 2.27. The third kappa shape index (κ3) is 3.44. The molecule has 0 radical (unpaired) electrons. The first-order chi connectivity index (χ1) is 8.06. The monoisotopic (exact) mass is 238 g/mol. The van der Waals surface area contributed by atoms with Crippen LogP contribution in [0.25, 0.3) is 0 Å². The van der Waals surface area contributed by atoms with E-state index >= 15 is 0 Å². The average molecular weight is 238 g/mol. The molecule has 1 rings (SSSR count). The Labute approximate surface area is 98.5 Å². The van der Waals surface area contributed by atoms with E-state index in [2.05, 4.69) is 0 Å². The van der Waals surface area contributed by atoms with Gasteiger partial charge in [-0.3, -0.25) is 14.9 Å². The van der Waals surface area contributed by atoms with Crippen molar-refractivity contribution >= 4 is 17.3 Å². The maximum Gasteiger partial charge on any atom is 0.306 e. The minimum atomic E-state index is -0.503. The van der Waals surface area contributed by atoms with Gasteiger partial charge in [0.25, 0.3) is 5.69 Å². The predicted octanol–water partition coefficient (Wildman–Crippen LogP) is 1.67. The number of carbonyl (C=O) groups excluding carboxylic acids is 1. The van der Waals surface area contributed by atoms with Crippen molar-refractivity contribution in [1.82, 2.24) is 0 Å². The van der Waals surface area contributed by atoms with Crippen molar-refractivity contribution in [2.45, 2.75) is 19.8 Å². The van der Waals surface area contributed by atoms with Gasteiger partial charge in [-0.1, -0.05) is 6.07 Å². The summed E-state index contributed by atoms with van der Waals surface area (Å²) in [6.45, 7) is 2.00. The van der Waals surface area contributed by atoms with Gasteiger partial charge in [-0.15, -0.1) is 0 Å². The van der Waals surface area contributed by atoms with Gasteiger partial charge >= 0.3 is 5.97 Å². The molecule has 92 valence electrons. The Morgan fingerprint density at radius 2 is 2.24 bits per heavy atom. The number of nitrogens with two attached hydrogens (primary N) is 1. The van der Waals surface area contributed by atoms with Crippen molar-refractivity contribution in [1.29, 1.82) is 0 Å². The second-order valence-corrected chi connectivity index (χ2v) is 3.41. The molecular formula is C11H14N2O4. The minimum absolute atomic E-state index is 0.0608. The predicted molar refractivity (Wildman–Crippen MR) is 62.5 cm³/mol. The topological polar surface area (TPSA) is 95.5 Å². The Kier molecular flexibility index (Phi) is 4.45. The van der Waals surface area contributed by atoms with Crippen LogP contribution in [0, 0.1) is 10.1 Å². The van der Waals surface area contributed by atoms with Crippen LogP contribution in [-0.4, -0.2) is 17.5 Å². The highest BCUT2D eigenvalue weighted by Crippen LogP contribution is 2.25. The normalized spacial score (nSPS) is 9.94. The van der Waals surface area contributed by atoms with Crippen LogP contribution in [0.3, 0.4) is 0 Å². The van der Waals surface area contributed by atoms with Crippen molar-refractivity contribution < 1.29 is 14.5 Å². The molecule has 0 aliphatic heterocycles. The highest BCUT2D eigenvalue weighted by atomic mass is 16.6. The molecule has 0 saturated heterocycles.